The molecule has 164 valence electrons. The molecule has 3 aliphatic rings. The minimum atomic E-state index is -0.390. The monoisotopic (exact) mass is 435 g/mol. The van der Waals surface area contributed by atoms with Gasteiger partial charge in [-0.15, -0.1) is 0 Å². The normalized spacial score (nSPS) is 19.4. The first-order chi connectivity index (χ1) is 15.5. The first-order valence-corrected chi connectivity index (χ1v) is 10.5. The Morgan fingerprint density at radius 2 is 1.66 bits per heavy atom. The van der Waals surface area contributed by atoms with Crippen molar-refractivity contribution in [2.24, 2.45) is 0 Å². The first kappa shape index (κ1) is 20.0. The van der Waals surface area contributed by atoms with Gasteiger partial charge in [-0.1, -0.05) is 12.1 Å². The second-order valence-electron chi connectivity index (χ2n) is 7.86. The van der Waals surface area contributed by atoms with Crippen molar-refractivity contribution in [3.63, 3.8) is 0 Å². The van der Waals surface area contributed by atoms with Crippen molar-refractivity contribution >= 4 is 29.3 Å². The molecule has 0 saturated carbocycles. The lowest BCUT2D eigenvalue weighted by atomic mass is 10.1. The summed E-state index contributed by atoms with van der Waals surface area (Å²) >= 11 is 0. The van der Waals surface area contributed by atoms with E-state index in [1.54, 1.807) is 47.4 Å². The van der Waals surface area contributed by atoms with Crippen molar-refractivity contribution in [3.05, 3.63) is 53.6 Å². The van der Waals surface area contributed by atoms with Crippen LogP contribution < -0.4 is 19.7 Å². The van der Waals surface area contributed by atoms with E-state index in [1.807, 2.05) is 0 Å². The maximum Gasteiger partial charge on any atom is 0.261 e. The number of benzene rings is 2. The van der Waals surface area contributed by atoms with E-state index in [4.69, 9.17) is 9.47 Å². The average molecular weight is 435 g/mol. The molecule has 0 aromatic heterocycles. The minimum Gasteiger partial charge on any atom is -0.486 e. The van der Waals surface area contributed by atoms with Crippen LogP contribution in [-0.2, 0) is 9.59 Å². The molecule has 1 fully saturated rings. The number of carbonyl (C=O) groups excluding carboxylic acids is 4. The molecule has 1 unspecified atom stereocenters. The summed E-state index contributed by atoms with van der Waals surface area (Å²) in [7, 11) is 0. The maximum absolute atomic E-state index is 12.5. The van der Waals surface area contributed by atoms with Crippen LogP contribution in [0.2, 0.25) is 0 Å². The molecule has 1 N–H and O–H groups in total. The lowest BCUT2D eigenvalue weighted by molar-refractivity contribution is -0.121. The molecule has 0 spiro atoms. The third kappa shape index (κ3) is 3.55. The first-order valence-electron chi connectivity index (χ1n) is 10.5. The molecule has 2 aromatic rings. The van der Waals surface area contributed by atoms with Gasteiger partial charge in [-0.3, -0.25) is 24.1 Å². The number of hydrogen-bond acceptors (Lipinski definition) is 6. The van der Waals surface area contributed by atoms with Gasteiger partial charge in [0, 0.05) is 37.7 Å². The van der Waals surface area contributed by atoms with Gasteiger partial charge in [0.15, 0.2) is 11.5 Å². The molecule has 3 heterocycles. The second-order valence-corrected chi connectivity index (χ2v) is 7.86. The molecule has 1 saturated heterocycles. The fourth-order valence-electron chi connectivity index (χ4n) is 4.21. The summed E-state index contributed by atoms with van der Waals surface area (Å²) in [5.74, 6) is 0.0359. The lowest BCUT2D eigenvalue weighted by Gasteiger charge is -2.22. The second kappa shape index (κ2) is 7.99. The zero-order valence-corrected chi connectivity index (χ0v) is 17.2. The Bertz CT molecular complexity index is 1100. The van der Waals surface area contributed by atoms with E-state index < -0.39 is 0 Å². The van der Waals surface area contributed by atoms with Gasteiger partial charge in [-0.05, 0) is 24.3 Å². The Kier molecular flexibility index (Phi) is 5.01. The van der Waals surface area contributed by atoms with Crippen molar-refractivity contribution < 1.29 is 28.7 Å². The van der Waals surface area contributed by atoms with Crippen LogP contribution in [0.4, 0.5) is 5.69 Å². The summed E-state index contributed by atoms with van der Waals surface area (Å²) in [4.78, 5) is 52.5. The van der Waals surface area contributed by atoms with Gasteiger partial charge in [0.25, 0.3) is 11.8 Å². The van der Waals surface area contributed by atoms with Crippen molar-refractivity contribution in [1.29, 1.82) is 0 Å². The van der Waals surface area contributed by atoms with Gasteiger partial charge in [-0.2, -0.15) is 0 Å². The molecule has 0 aliphatic carbocycles. The Labute approximate surface area is 183 Å². The summed E-state index contributed by atoms with van der Waals surface area (Å²) in [5, 5.41) is 2.84. The van der Waals surface area contributed by atoms with Crippen LogP contribution in [0.1, 0.15) is 33.6 Å². The zero-order chi connectivity index (χ0) is 22.2. The highest BCUT2D eigenvalue weighted by molar-refractivity contribution is 6.21. The SMILES string of the molecule is O=C(CCN1C(=O)c2ccccc2C1=O)NC1CC(=O)N(c2ccc3c(c2)OCCO3)C1. The van der Waals surface area contributed by atoms with E-state index in [2.05, 4.69) is 5.32 Å². The third-order valence-corrected chi connectivity index (χ3v) is 5.77. The molecule has 32 heavy (non-hydrogen) atoms. The van der Waals surface area contributed by atoms with Crippen molar-refractivity contribution in [3.8, 4) is 11.5 Å². The van der Waals surface area contributed by atoms with Crippen LogP contribution in [0.5, 0.6) is 11.5 Å². The lowest BCUT2D eigenvalue weighted by Crippen LogP contribution is -2.40. The number of nitrogens with zero attached hydrogens (tertiary/aromatic N) is 2. The van der Waals surface area contributed by atoms with Gasteiger partial charge in [0.2, 0.25) is 11.8 Å². The minimum absolute atomic E-state index is 0.00920. The molecular weight excluding hydrogens is 414 g/mol. The van der Waals surface area contributed by atoms with E-state index in [9.17, 15) is 19.2 Å². The smallest absolute Gasteiger partial charge is 0.261 e. The highest BCUT2D eigenvalue weighted by atomic mass is 16.6. The molecule has 2 aromatic carbocycles. The quantitative estimate of drug-likeness (QED) is 0.712. The van der Waals surface area contributed by atoms with E-state index >= 15 is 0 Å². The predicted molar refractivity (Wildman–Crippen MR) is 113 cm³/mol. The molecule has 5 rings (SSSR count). The summed E-state index contributed by atoms with van der Waals surface area (Å²) in [5.41, 5.74) is 1.39. The molecule has 1 atom stereocenters. The fraction of sp³-hybridized carbons (Fsp3) is 0.304. The molecule has 0 radical (unpaired) electrons. The molecule has 4 amide bonds. The molecule has 9 heteroatoms. The predicted octanol–water partition coefficient (Wildman–Crippen LogP) is 1.37. The average Bonchev–Trinajstić information content (AvgIpc) is 3.29. The molecule has 3 aliphatic heterocycles. The summed E-state index contributed by atoms with van der Waals surface area (Å²) in [6, 6.07) is 11.6. The van der Waals surface area contributed by atoms with E-state index in [0.717, 1.165) is 4.90 Å². The Balaban J connectivity index is 1.17. The number of rotatable bonds is 5. The standard InChI is InChI=1S/C23H21N3O6/c27-20(7-8-25-22(29)16-3-1-2-4-17(16)23(25)30)24-14-11-21(28)26(13-14)15-5-6-18-19(12-15)32-10-9-31-18/h1-6,12,14H,7-11,13H2,(H,24,27). The van der Waals surface area contributed by atoms with Gasteiger partial charge < -0.3 is 19.7 Å². The molecule has 0 bridgehead atoms. The van der Waals surface area contributed by atoms with Crippen LogP contribution in [0.25, 0.3) is 0 Å². The fourth-order valence-corrected chi connectivity index (χ4v) is 4.21. The van der Waals surface area contributed by atoms with Crippen molar-refractivity contribution in [2.45, 2.75) is 18.9 Å². The largest absolute Gasteiger partial charge is 0.486 e. The number of fused-ring (bicyclic) bond motifs is 2. The van der Waals surface area contributed by atoms with Gasteiger partial charge in [0.05, 0.1) is 17.2 Å². The highest BCUT2D eigenvalue weighted by Gasteiger charge is 2.36. The third-order valence-electron chi connectivity index (χ3n) is 5.77. The van der Waals surface area contributed by atoms with Gasteiger partial charge in [-0.25, -0.2) is 0 Å². The summed E-state index contributed by atoms with van der Waals surface area (Å²) < 4.78 is 11.1. The van der Waals surface area contributed by atoms with E-state index in [0.29, 0.717) is 48.1 Å². The van der Waals surface area contributed by atoms with E-state index in [1.165, 1.54) is 0 Å². The van der Waals surface area contributed by atoms with Crippen LogP contribution in [-0.4, -0.2) is 60.9 Å². The summed E-state index contributed by atoms with van der Waals surface area (Å²) in [6.07, 6.45) is 0.146. The Hall–Kier alpha value is -3.88. The van der Waals surface area contributed by atoms with Gasteiger partial charge in [0.1, 0.15) is 13.2 Å². The Morgan fingerprint density at radius 1 is 0.969 bits per heavy atom. The topological polar surface area (TPSA) is 105 Å². The van der Waals surface area contributed by atoms with Crippen LogP contribution in [0.15, 0.2) is 42.5 Å². The molecular formula is C23H21N3O6. The number of nitrogens with one attached hydrogen (secondary N) is 1. The number of carbonyl (C=O) groups is 4. The summed E-state index contributed by atoms with van der Waals surface area (Å²) in [6.45, 7) is 1.27. The van der Waals surface area contributed by atoms with Crippen LogP contribution in [0.3, 0.4) is 0 Å². The Morgan fingerprint density at radius 3 is 2.38 bits per heavy atom. The molecule has 9 nitrogen and oxygen atoms in total. The number of anilines is 1. The highest BCUT2D eigenvalue weighted by Crippen LogP contribution is 2.35. The van der Waals surface area contributed by atoms with Crippen LogP contribution in [0, 0.1) is 0 Å². The zero-order valence-electron chi connectivity index (χ0n) is 17.2. The number of hydrogen-bond donors (Lipinski definition) is 1. The van der Waals surface area contributed by atoms with Crippen molar-refractivity contribution in [1.82, 2.24) is 10.2 Å². The number of amides is 4. The van der Waals surface area contributed by atoms with Crippen LogP contribution >= 0.6 is 0 Å². The van der Waals surface area contributed by atoms with Crippen molar-refractivity contribution in [2.75, 3.05) is 31.2 Å². The van der Waals surface area contributed by atoms with Gasteiger partial charge >= 0.3 is 0 Å². The number of ether oxygens (including phenoxy) is 2. The number of imide groups is 1. The van der Waals surface area contributed by atoms with E-state index in [-0.39, 0.29) is 49.1 Å². The maximum atomic E-state index is 12.5.